The molecule has 0 atom stereocenters. The van der Waals surface area contributed by atoms with Gasteiger partial charge in [0.1, 0.15) is 0 Å². The second kappa shape index (κ2) is 8.44. The van der Waals surface area contributed by atoms with Gasteiger partial charge in [-0.15, -0.1) is 0 Å². The molecular weight excluding hydrogens is 272 g/mol. The quantitative estimate of drug-likeness (QED) is 0.735. The summed E-state index contributed by atoms with van der Waals surface area (Å²) >= 11 is 0. The van der Waals surface area contributed by atoms with Crippen molar-refractivity contribution in [2.45, 2.75) is 44.8 Å². The molecule has 118 valence electrons. The summed E-state index contributed by atoms with van der Waals surface area (Å²) in [5, 5.41) is 12.8. The van der Waals surface area contributed by atoms with Gasteiger partial charge in [0.25, 0.3) is 0 Å². The molecule has 0 heterocycles. The Morgan fingerprint density at radius 2 is 1.50 bits per heavy atom. The van der Waals surface area contributed by atoms with Gasteiger partial charge >= 0.3 is 0 Å². The van der Waals surface area contributed by atoms with Crippen molar-refractivity contribution in [1.29, 1.82) is 0 Å². The van der Waals surface area contributed by atoms with E-state index in [1.54, 1.807) is 0 Å². The first-order valence-electron chi connectivity index (χ1n) is 7.96. The number of benzene rings is 2. The Morgan fingerprint density at radius 1 is 0.909 bits per heavy atom. The van der Waals surface area contributed by atoms with Gasteiger partial charge in [-0.05, 0) is 44.7 Å². The van der Waals surface area contributed by atoms with Gasteiger partial charge in [0, 0.05) is 6.04 Å². The van der Waals surface area contributed by atoms with Gasteiger partial charge in [-0.1, -0.05) is 48.0 Å². The molecule has 0 spiro atoms. The summed E-state index contributed by atoms with van der Waals surface area (Å²) in [4.78, 5) is 0. The Bertz CT molecular complexity index is 548. The minimum atomic E-state index is -0.101. The molecule has 3 nitrogen and oxygen atoms in total. The maximum Gasteiger partial charge on any atom is 0.0576 e. The predicted molar refractivity (Wildman–Crippen MR) is 93.9 cm³/mol. The van der Waals surface area contributed by atoms with Gasteiger partial charge in [-0.3, -0.25) is 0 Å². The monoisotopic (exact) mass is 298 g/mol. The minimum Gasteiger partial charge on any atom is -0.397 e. The Labute approximate surface area is 133 Å². The molecule has 3 heteroatoms. The van der Waals surface area contributed by atoms with Crippen LogP contribution < -0.4 is 11.1 Å². The number of hydrogen-bond donors (Lipinski definition) is 3. The van der Waals surface area contributed by atoms with Gasteiger partial charge in [-0.25, -0.2) is 0 Å². The summed E-state index contributed by atoms with van der Waals surface area (Å²) < 4.78 is 0. The Balaban J connectivity index is 0.000000211. The van der Waals surface area contributed by atoms with E-state index >= 15 is 0 Å². The summed E-state index contributed by atoms with van der Waals surface area (Å²) in [5.41, 5.74) is 8.98. The number of para-hydroxylation sites is 2. The first-order valence-corrected chi connectivity index (χ1v) is 7.96. The molecule has 0 aromatic heterocycles. The van der Waals surface area contributed by atoms with Crippen LogP contribution in [0.2, 0.25) is 0 Å². The number of rotatable bonds is 2. The van der Waals surface area contributed by atoms with Crippen LogP contribution in [-0.2, 0) is 0 Å². The van der Waals surface area contributed by atoms with Crippen LogP contribution in [0.1, 0.15) is 31.2 Å². The third-order valence-electron chi connectivity index (χ3n) is 3.96. The molecule has 1 aliphatic carbocycles. The van der Waals surface area contributed by atoms with Crippen LogP contribution in [-0.4, -0.2) is 17.3 Å². The van der Waals surface area contributed by atoms with E-state index in [2.05, 4.69) is 24.4 Å². The number of aliphatic hydroxyl groups is 1. The second-order valence-corrected chi connectivity index (χ2v) is 5.89. The Morgan fingerprint density at radius 3 is 2.05 bits per heavy atom. The molecule has 0 saturated heterocycles. The van der Waals surface area contributed by atoms with Crippen molar-refractivity contribution in [3.05, 3.63) is 60.2 Å². The number of nitrogens with two attached hydrogens (primary N) is 1. The average Bonchev–Trinajstić information content (AvgIpc) is 2.53. The van der Waals surface area contributed by atoms with Crippen LogP contribution in [0.4, 0.5) is 11.4 Å². The molecule has 0 radical (unpaired) electrons. The number of aryl methyl sites for hydroxylation is 1. The number of hydrogen-bond acceptors (Lipinski definition) is 3. The van der Waals surface area contributed by atoms with Crippen molar-refractivity contribution in [3.8, 4) is 0 Å². The fourth-order valence-corrected chi connectivity index (χ4v) is 2.60. The van der Waals surface area contributed by atoms with Crippen LogP contribution in [0.25, 0.3) is 0 Å². The highest BCUT2D eigenvalue weighted by Crippen LogP contribution is 2.24. The summed E-state index contributed by atoms with van der Waals surface area (Å²) in [6, 6.07) is 18.5. The van der Waals surface area contributed by atoms with Crippen molar-refractivity contribution >= 4 is 11.4 Å². The van der Waals surface area contributed by atoms with Crippen LogP contribution in [0.5, 0.6) is 0 Å². The van der Waals surface area contributed by atoms with Gasteiger partial charge in [0.2, 0.25) is 0 Å². The molecule has 4 N–H and O–H groups in total. The molecule has 1 saturated carbocycles. The van der Waals surface area contributed by atoms with Crippen molar-refractivity contribution < 1.29 is 5.11 Å². The summed E-state index contributed by atoms with van der Waals surface area (Å²) in [6.45, 7) is 2.08. The normalized spacial score (nSPS) is 20.6. The molecule has 3 rings (SSSR count). The lowest BCUT2D eigenvalue weighted by atomic mass is 9.93. The van der Waals surface area contributed by atoms with Crippen LogP contribution in [0.3, 0.4) is 0 Å². The maximum atomic E-state index is 9.40. The van der Waals surface area contributed by atoms with Gasteiger partial charge in [-0.2, -0.15) is 0 Å². The number of aliphatic hydroxyl groups excluding tert-OH is 1. The molecule has 1 fully saturated rings. The first kappa shape index (κ1) is 16.4. The van der Waals surface area contributed by atoms with Crippen molar-refractivity contribution in [2.24, 2.45) is 0 Å². The predicted octanol–water partition coefficient (Wildman–Crippen LogP) is 3.98. The van der Waals surface area contributed by atoms with Gasteiger partial charge in [0.15, 0.2) is 0 Å². The zero-order chi connectivity index (χ0) is 15.8. The standard InChI is InChI=1S/C12H18N2O.C7H8/c13-11-3-1-2-4-12(11)14-9-5-7-10(15)8-6-9;1-7-5-3-2-4-6-7/h1-4,9-10,14-15H,5-8,13H2;2-6H,1H3. The van der Waals surface area contributed by atoms with Gasteiger partial charge < -0.3 is 16.2 Å². The number of anilines is 2. The van der Waals surface area contributed by atoms with Crippen LogP contribution in [0, 0.1) is 6.92 Å². The Kier molecular flexibility index (Phi) is 6.28. The van der Waals surface area contributed by atoms with Crippen LogP contribution >= 0.6 is 0 Å². The first-order chi connectivity index (χ1) is 10.6. The summed E-state index contributed by atoms with van der Waals surface area (Å²) in [5.74, 6) is 0. The topological polar surface area (TPSA) is 58.3 Å². The van der Waals surface area contributed by atoms with E-state index in [1.807, 2.05) is 42.5 Å². The lowest BCUT2D eigenvalue weighted by molar-refractivity contribution is 0.126. The third kappa shape index (κ3) is 5.41. The molecule has 22 heavy (non-hydrogen) atoms. The molecular formula is C19H26N2O. The lowest BCUT2D eigenvalue weighted by Crippen LogP contribution is -2.28. The fourth-order valence-electron chi connectivity index (χ4n) is 2.60. The van der Waals surface area contributed by atoms with Gasteiger partial charge in [0.05, 0.1) is 17.5 Å². The smallest absolute Gasteiger partial charge is 0.0576 e. The average molecular weight is 298 g/mol. The highest BCUT2D eigenvalue weighted by molar-refractivity contribution is 5.65. The second-order valence-electron chi connectivity index (χ2n) is 5.89. The van der Waals surface area contributed by atoms with Crippen molar-refractivity contribution in [1.82, 2.24) is 0 Å². The summed E-state index contributed by atoms with van der Waals surface area (Å²) in [6.07, 6.45) is 3.73. The molecule has 2 aromatic carbocycles. The van der Waals surface area contributed by atoms with E-state index < -0.39 is 0 Å². The third-order valence-corrected chi connectivity index (χ3v) is 3.96. The molecule has 0 amide bonds. The van der Waals surface area contributed by atoms with E-state index in [1.165, 1.54) is 5.56 Å². The number of nitrogens with one attached hydrogen (secondary N) is 1. The summed E-state index contributed by atoms with van der Waals surface area (Å²) in [7, 11) is 0. The largest absolute Gasteiger partial charge is 0.397 e. The minimum absolute atomic E-state index is 0.101. The molecule has 0 aliphatic heterocycles. The van der Waals surface area contributed by atoms with E-state index in [0.29, 0.717) is 6.04 Å². The molecule has 0 bridgehead atoms. The highest BCUT2D eigenvalue weighted by Gasteiger charge is 2.19. The SMILES string of the molecule is Cc1ccccc1.Nc1ccccc1NC1CCC(O)CC1. The van der Waals surface area contributed by atoms with Crippen molar-refractivity contribution in [2.75, 3.05) is 11.1 Å². The molecule has 0 unspecified atom stereocenters. The highest BCUT2D eigenvalue weighted by atomic mass is 16.3. The molecule has 1 aliphatic rings. The zero-order valence-corrected chi connectivity index (χ0v) is 13.2. The molecule has 2 aromatic rings. The Hall–Kier alpha value is -2.00. The fraction of sp³-hybridized carbons (Fsp3) is 0.368. The number of nitrogen functional groups attached to an aromatic ring is 1. The van der Waals surface area contributed by atoms with E-state index in [4.69, 9.17) is 5.73 Å². The van der Waals surface area contributed by atoms with E-state index in [0.717, 1.165) is 37.1 Å². The van der Waals surface area contributed by atoms with Crippen molar-refractivity contribution in [3.63, 3.8) is 0 Å². The lowest BCUT2D eigenvalue weighted by Gasteiger charge is -2.27. The van der Waals surface area contributed by atoms with E-state index in [-0.39, 0.29) is 6.10 Å². The van der Waals surface area contributed by atoms with Crippen LogP contribution in [0.15, 0.2) is 54.6 Å². The van der Waals surface area contributed by atoms with E-state index in [9.17, 15) is 5.11 Å². The maximum absolute atomic E-state index is 9.40. The zero-order valence-electron chi connectivity index (χ0n) is 13.2.